The Morgan fingerprint density at radius 3 is 0.979 bits per heavy atom. The molecule has 0 atom stereocenters. The Morgan fingerprint density at radius 1 is 0.396 bits per heavy atom. The second kappa shape index (κ2) is 27.0. The Bertz CT molecular complexity index is 1100. The predicted molar refractivity (Wildman–Crippen MR) is 217 cm³/mol. The zero-order chi connectivity index (χ0) is 33.9. The van der Waals surface area contributed by atoms with Gasteiger partial charge >= 0.3 is 0 Å². The molecule has 2 N–H and O–H groups in total. The van der Waals surface area contributed by atoms with E-state index in [1.807, 2.05) is 0 Å². The van der Waals surface area contributed by atoms with Crippen molar-refractivity contribution < 1.29 is 0 Å². The first-order valence-electron chi connectivity index (χ1n) is 21.5. The fourth-order valence-corrected chi connectivity index (χ4v) is 7.91. The lowest BCUT2D eigenvalue weighted by molar-refractivity contribution is 0.535. The van der Waals surface area contributed by atoms with Crippen LogP contribution in [0.1, 0.15) is 205 Å². The summed E-state index contributed by atoms with van der Waals surface area (Å²) >= 11 is 0. The number of rotatable bonds is 32. The molecule has 2 heteroatoms. The zero-order valence-corrected chi connectivity index (χ0v) is 32.1. The van der Waals surface area contributed by atoms with E-state index in [9.17, 15) is 0 Å². The van der Waals surface area contributed by atoms with Crippen molar-refractivity contribution in [1.29, 1.82) is 0 Å². The zero-order valence-electron chi connectivity index (χ0n) is 32.1. The number of benzene rings is 2. The highest BCUT2D eigenvalue weighted by atomic mass is 15.0. The van der Waals surface area contributed by atoms with E-state index in [0.717, 1.165) is 6.54 Å². The summed E-state index contributed by atoms with van der Waals surface area (Å²) in [5.74, 6) is 0. The Balaban J connectivity index is 1.32. The second-order valence-electron chi connectivity index (χ2n) is 15.3. The molecule has 2 nitrogen and oxygen atoms in total. The molecule has 3 rings (SSSR count). The van der Waals surface area contributed by atoms with Gasteiger partial charge in [0.05, 0.1) is 0 Å². The Kier molecular flexibility index (Phi) is 22.8. The molecular formula is C46H78N2. The average Bonchev–Trinajstić information content (AvgIpc) is 3.40. The summed E-state index contributed by atoms with van der Waals surface area (Å²) in [6, 6.07) is 14.5. The molecule has 0 aliphatic carbocycles. The molecule has 1 heterocycles. The number of fused-ring (bicyclic) bond motifs is 3. The molecule has 0 spiro atoms. The standard InChI is InChI=1S/C46H78N2/c1-3-5-7-9-11-13-15-17-19-21-23-25-27-29-31-41-33-35-43-44-36-34-42(40-46(44)48(38-37-47)45(43)39-41)32-30-28-26-24-22-20-18-16-14-12-10-8-6-4-2/h33-36,39-40H,3-32,37-38,47H2,1-2H3. The van der Waals surface area contributed by atoms with E-state index in [0.29, 0.717) is 6.54 Å². The smallest absolute Gasteiger partial charge is 0.0494 e. The minimum Gasteiger partial charge on any atom is -0.339 e. The summed E-state index contributed by atoms with van der Waals surface area (Å²) < 4.78 is 2.51. The largest absolute Gasteiger partial charge is 0.339 e. The van der Waals surface area contributed by atoms with Gasteiger partial charge in [-0.25, -0.2) is 0 Å². The molecule has 0 unspecified atom stereocenters. The fourth-order valence-electron chi connectivity index (χ4n) is 7.91. The van der Waals surface area contributed by atoms with Crippen LogP contribution in [-0.4, -0.2) is 11.1 Å². The van der Waals surface area contributed by atoms with Crippen LogP contribution in [0.3, 0.4) is 0 Å². The van der Waals surface area contributed by atoms with E-state index in [4.69, 9.17) is 5.73 Å². The van der Waals surface area contributed by atoms with Crippen LogP contribution in [0.15, 0.2) is 36.4 Å². The summed E-state index contributed by atoms with van der Waals surface area (Å²) in [5, 5.41) is 2.79. The summed E-state index contributed by atoms with van der Waals surface area (Å²) in [6.45, 7) is 6.19. The van der Waals surface area contributed by atoms with Gasteiger partial charge in [-0.15, -0.1) is 0 Å². The van der Waals surface area contributed by atoms with Crippen molar-refractivity contribution in [3.63, 3.8) is 0 Å². The van der Waals surface area contributed by atoms with Crippen molar-refractivity contribution in [3.8, 4) is 0 Å². The van der Waals surface area contributed by atoms with Crippen LogP contribution in [0.5, 0.6) is 0 Å². The maximum absolute atomic E-state index is 6.15. The van der Waals surface area contributed by atoms with Gasteiger partial charge in [0, 0.05) is 34.9 Å². The van der Waals surface area contributed by atoms with Gasteiger partial charge in [-0.2, -0.15) is 0 Å². The van der Waals surface area contributed by atoms with Crippen molar-refractivity contribution >= 4 is 21.8 Å². The third-order valence-corrected chi connectivity index (χ3v) is 11.0. The van der Waals surface area contributed by atoms with Gasteiger partial charge in [-0.1, -0.05) is 205 Å². The first-order valence-corrected chi connectivity index (χ1v) is 21.5. The van der Waals surface area contributed by atoms with E-state index < -0.39 is 0 Å². The molecule has 3 aromatic rings. The molecule has 0 bridgehead atoms. The van der Waals surface area contributed by atoms with Crippen molar-refractivity contribution in [3.05, 3.63) is 47.5 Å². The Morgan fingerprint density at radius 2 is 0.688 bits per heavy atom. The van der Waals surface area contributed by atoms with E-state index in [1.165, 1.54) is 226 Å². The normalized spacial score (nSPS) is 11.8. The predicted octanol–water partition coefficient (Wildman–Crippen LogP) is 14.8. The number of nitrogens with zero attached hydrogens (tertiary/aromatic N) is 1. The molecule has 0 amide bonds. The minimum absolute atomic E-state index is 0.686. The van der Waals surface area contributed by atoms with Gasteiger partial charge in [0.15, 0.2) is 0 Å². The number of nitrogens with two attached hydrogens (primary N) is 1. The number of unbranched alkanes of at least 4 members (excludes halogenated alkanes) is 26. The number of aryl methyl sites for hydroxylation is 2. The molecule has 1 aromatic heterocycles. The van der Waals surface area contributed by atoms with Crippen LogP contribution in [0, 0.1) is 0 Å². The summed E-state index contributed by atoms with van der Waals surface area (Å²) in [4.78, 5) is 0. The van der Waals surface area contributed by atoms with Crippen LogP contribution in [0.25, 0.3) is 21.8 Å². The maximum atomic E-state index is 6.15. The summed E-state index contributed by atoms with van der Waals surface area (Å²) in [7, 11) is 0. The highest BCUT2D eigenvalue weighted by molar-refractivity contribution is 6.08. The first kappa shape index (κ1) is 40.6. The molecule has 2 aromatic carbocycles. The highest BCUT2D eigenvalue weighted by Gasteiger charge is 2.12. The van der Waals surface area contributed by atoms with Crippen molar-refractivity contribution in [2.24, 2.45) is 5.73 Å². The van der Waals surface area contributed by atoms with Gasteiger partial charge in [0.2, 0.25) is 0 Å². The van der Waals surface area contributed by atoms with E-state index in [-0.39, 0.29) is 0 Å². The molecule has 0 saturated heterocycles. The van der Waals surface area contributed by atoms with E-state index in [2.05, 4.69) is 54.8 Å². The molecule has 272 valence electrons. The number of aromatic nitrogens is 1. The van der Waals surface area contributed by atoms with Gasteiger partial charge in [0.25, 0.3) is 0 Å². The average molecular weight is 659 g/mol. The van der Waals surface area contributed by atoms with E-state index >= 15 is 0 Å². The van der Waals surface area contributed by atoms with Crippen LogP contribution in [0.2, 0.25) is 0 Å². The van der Waals surface area contributed by atoms with E-state index in [1.54, 1.807) is 0 Å². The topological polar surface area (TPSA) is 30.9 Å². The quantitative estimate of drug-likeness (QED) is 0.0665. The van der Waals surface area contributed by atoms with Crippen molar-refractivity contribution in [2.45, 2.75) is 213 Å². The molecular weight excluding hydrogens is 581 g/mol. The van der Waals surface area contributed by atoms with Crippen LogP contribution < -0.4 is 5.73 Å². The Labute approximate surface area is 298 Å². The lowest BCUT2D eigenvalue weighted by Gasteiger charge is -2.08. The van der Waals surface area contributed by atoms with Gasteiger partial charge in [0.1, 0.15) is 0 Å². The monoisotopic (exact) mass is 659 g/mol. The lowest BCUT2D eigenvalue weighted by Crippen LogP contribution is -2.09. The fraction of sp³-hybridized carbons (Fsp3) is 0.739. The van der Waals surface area contributed by atoms with Crippen LogP contribution in [0.4, 0.5) is 0 Å². The first-order chi connectivity index (χ1) is 23.8. The van der Waals surface area contributed by atoms with Gasteiger partial charge < -0.3 is 10.3 Å². The van der Waals surface area contributed by atoms with Crippen molar-refractivity contribution in [1.82, 2.24) is 4.57 Å². The highest BCUT2D eigenvalue weighted by Crippen LogP contribution is 2.31. The number of hydrogen-bond acceptors (Lipinski definition) is 1. The van der Waals surface area contributed by atoms with Crippen LogP contribution >= 0.6 is 0 Å². The molecule has 0 fully saturated rings. The summed E-state index contributed by atoms with van der Waals surface area (Å²) in [6.07, 6.45) is 42.1. The van der Waals surface area contributed by atoms with Gasteiger partial charge in [-0.05, 0) is 48.9 Å². The number of hydrogen-bond donors (Lipinski definition) is 1. The molecule has 0 aliphatic heterocycles. The molecule has 0 aliphatic rings. The van der Waals surface area contributed by atoms with Crippen molar-refractivity contribution in [2.75, 3.05) is 6.54 Å². The van der Waals surface area contributed by atoms with Gasteiger partial charge in [-0.3, -0.25) is 0 Å². The summed E-state index contributed by atoms with van der Waals surface area (Å²) in [5.41, 5.74) is 11.9. The third-order valence-electron chi connectivity index (χ3n) is 11.0. The molecule has 48 heavy (non-hydrogen) atoms. The lowest BCUT2D eigenvalue weighted by atomic mass is 10.0. The molecule has 0 radical (unpaired) electrons. The third kappa shape index (κ3) is 16.3. The molecule has 0 saturated carbocycles. The Hall–Kier alpha value is -1.80. The SMILES string of the molecule is CCCCCCCCCCCCCCCCc1ccc2c3ccc(CCCCCCCCCCCCCCCC)cc3n(CCN)c2c1. The second-order valence-corrected chi connectivity index (χ2v) is 15.3. The maximum Gasteiger partial charge on any atom is 0.0494 e. The van der Waals surface area contributed by atoms with Crippen LogP contribution in [-0.2, 0) is 19.4 Å². The minimum atomic E-state index is 0.686.